The molecule has 0 heterocycles. The first kappa shape index (κ1) is 15.5. The molecule has 0 atom stereocenters. The Morgan fingerprint density at radius 1 is 1.47 bits per heavy atom. The maximum atomic E-state index is 11.8. The normalized spacial score (nSPS) is 10.1. The maximum Gasteiger partial charge on any atom is 0.434 e. The minimum Gasteiger partial charge on any atom is -0.442 e. The van der Waals surface area contributed by atoms with Gasteiger partial charge in [-0.3, -0.25) is 4.84 Å². The molecule has 0 saturated carbocycles. The quantitative estimate of drug-likeness (QED) is 0.420. The Labute approximate surface area is 104 Å². The lowest BCUT2D eigenvalue weighted by atomic mass is 10.2. The van der Waals surface area contributed by atoms with Gasteiger partial charge in [-0.1, -0.05) is 12.0 Å². The molecular formula is C13H21NO3. The summed E-state index contributed by atoms with van der Waals surface area (Å²) in [6, 6.07) is 0. The summed E-state index contributed by atoms with van der Waals surface area (Å²) in [4.78, 5) is 17.0. The van der Waals surface area contributed by atoms with Crippen LogP contribution in [0.2, 0.25) is 0 Å². The summed E-state index contributed by atoms with van der Waals surface area (Å²) in [6.07, 6.45) is 1.85. The van der Waals surface area contributed by atoms with Crippen molar-refractivity contribution >= 4 is 6.09 Å². The van der Waals surface area contributed by atoms with Gasteiger partial charge in [-0.15, -0.1) is 12.5 Å². The molecule has 0 aliphatic heterocycles. The number of hydrogen-bond donors (Lipinski definition) is 0. The first-order chi connectivity index (χ1) is 7.90. The van der Waals surface area contributed by atoms with E-state index >= 15 is 0 Å². The number of carbonyl (C=O) groups excluding carboxylic acids is 1. The van der Waals surface area contributed by atoms with Crippen LogP contribution in [-0.4, -0.2) is 29.9 Å². The third kappa shape index (κ3) is 8.35. The molecule has 0 N–H and O–H groups in total. The average molecular weight is 239 g/mol. The first-order valence-corrected chi connectivity index (χ1v) is 5.54. The highest BCUT2D eigenvalue weighted by molar-refractivity contribution is 5.66. The third-order valence-corrected chi connectivity index (χ3v) is 1.60. The van der Waals surface area contributed by atoms with Gasteiger partial charge in [0.15, 0.2) is 0 Å². The van der Waals surface area contributed by atoms with Crippen LogP contribution < -0.4 is 0 Å². The number of amides is 1. The highest BCUT2D eigenvalue weighted by atomic mass is 16.7. The molecule has 0 aliphatic rings. The van der Waals surface area contributed by atoms with Gasteiger partial charge in [0.05, 0.1) is 6.54 Å². The highest BCUT2D eigenvalue weighted by Crippen LogP contribution is 2.10. The van der Waals surface area contributed by atoms with E-state index in [1.807, 2.05) is 20.8 Å². The predicted molar refractivity (Wildman–Crippen MR) is 67.2 cm³/mol. The number of nitrogens with zero attached hydrogens (tertiary/aromatic N) is 1. The maximum absolute atomic E-state index is 11.8. The van der Waals surface area contributed by atoms with Gasteiger partial charge < -0.3 is 4.74 Å². The standard InChI is InChI=1S/C13H21NO3/c1-6-8-10-14(16-11-9-7-2)12(15)17-13(3,4)5/h6H,1,8,10-11H2,2-5H3. The summed E-state index contributed by atoms with van der Waals surface area (Å²) in [7, 11) is 0. The molecule has 0 bridgehead atoms. The molecule has 4 nitrogen and oxygen atoms in total. The van der Waals surface area contributed by atoms with Crippen molar-refractivity contribution in [3.05, 3.63) is 12.7 Å². The van der Waals surface area contributed by atoms with E-state index in [0.717, 1.165) is 0 Å². The zero-order valence-corrected chi connectivity index (χ0v) is 11.1. The number of hydroxylamine groups is 2. The van der Waals surface area contributed by atoms with E-state index in [1.165, 1.54) is 5.06 Å². The van der Waals surface area contributed by atoms with Crippen molar-refractivity contribution < 1.29 is 14.4 Å². The van der Waals surface area contributed by atoms with Crippen molar-refractivity contribution in [3.8, 4) is 11.8 Å². The van der Waals surface area contributed by atoms with Gasteiger partial charge in [0.1, 0.15) is 12.2 Å². The molecule has 1 amide bonds. The summed E-state index contributed by atoms with van der Waals surface area (Å²) in [5.41, 5.74) is -0.538. The fourth-order valence-electron chi connectivity index (χ4n) is 0.912. The highest BCUT2D eigenvalue weighted by Gasteiger charge is 2.22. The molecule has 0 fully saturated rings. The largest absolute Gasteiger partial charge is 0.442 e. The molecule has 0 unspecified atom stereocenters. The van der Waals surface area contributed by atoms with Crippen LogP contribution in [0.15, 0.2) is 12.7 Å². The summed E-state index contributed by atoms with van der Waals surface area (Å²) in [5.74, 6) is 5.42. The minimum atomic E-state index is -0.538. The van der Waals surface area contributed by atoms with E-state index < -0.39 is 11.7 Å². The molecule has 4 heteroatoms. The molecular weight excluding hydrogens is 218 g/mol. The molecule has 0 saturated heterocycles. The Balaban J connectivity index is 4.36. The van der Waals surface area contributed by atoms with Crippen LogP contribution in [0.1, 0.15) is 34.1 Å². The minimum absolute atomic E-state index is 0.173. The summed E-state index contributed by atoms with van der Waals surface area (Å²) in [5, 5.41) is 1.18. The Kier molecular flexibility index (Phi) is 7.08. The fraction of sp³-hybridized carbons (Fsp3) is 0.615. The number of hydrogen-bond acceptors (Lipinski definition) is 3. The zero-order valence-electron chi connectivity index (χ0n) is 11.1. The topological polar surface area (TPSA) is 38.8 Å². The van der Waals surface area contributed by atoms with Gasteiger partial charge in [-0.2, -0.15) is 5.06 Å². The van der Waals surface area contributed by atoms with Crippen molar-refractivity contribution in [1.82, 2.24) is 5.06 Å². The third-order valence-electron chi connectivity index (χ3n) is 1.60. The van der Waals surface area contributed by atoms with Crippen LogP contribution in [-0.2, 0) is 9.57 Å². The SMILES string of the molecule is C=CCCN(OCC#CC)C(=O)OC(C)(C)C. The molecule has 0 rings (SSSR count). The van der Waals surface area contributed by atoms with Crippen LogP contribution >= 0.6 is 0 Å². The van der Waals surface area contributed by atoms with Gasteiger partial charge in [0.2, 0.25) is 0 Å². The summed E-state index contributed by atoms with van der Waals surface area (Å²) < 4.78 is 5.21. The molecule has 0 radical (unpaired) electrons. The smallest absolute Gasteiger partial charge is 0.434 e. The molecule has 0 aromatic heterocycles. The second-order valence-corrected chi connectivity index (χ2v) is 4.36. The van der Waals surface area contributed by atoms with Crippen molar-refractivity contribution in [1.29, 1.82) is 0 Å². The number of carbonyl (C=O) groups is 1. The average Bonchev–Trinajstić information content (AvgIpc) is 2.20. The van der Waals surface area contributed by atoms with Gasteiger partial charge in [0.25, 0.3) is 0 Å². The number of rotatable bonds is 5. The van der Waals surface area contributed by atoms with E-state index in [-0.39, 0.29) is 6.61 Å². The van der Waals surface area contributed by atoms with Gasteiger partial charge >= 0.3 is 6.09 Å². The Morgan fingerprint density at radius 2 is 2.12 bits per heavy atom. The monoisotopic (exact) mass is 239 g/mol. The van der Waals surface area contributed by atoms with Gasteiger partial charge in [-0.05, 0) is 34.1 Å². The van der Waals surface area contributed by atoms with Crippen molar-refractivity contribution in [3.63, 3.8) is 0 Å². The van der Waals surface area contributed by atoms with Crippen LogP contribution in [0.5, 0.6) is 0 Å². The molecule has 96 valence electrons. The lowest BCUT2D eigenvalue weighted by molar-refractivity contribution is -0.135. The van der Waals surface area contributed by atoms with Crippen LogP contribution in [0, 0.1) is 11.8 Å². The Morgan fingerprint density at radius 3 is 2.59 bits per heavy atom. The van der Waals surface area contributed by atoms with Crippen LogP contribution in [0.4, 0.5) is 4.79 Å². The van der Waals surface area contributed by atoms with Gasteiger partial charge in [0, 0.05) is 0 Å². The molecule has 0 aromatic rings. The van der Waals surface area contributed by atoms with E-state index in [4.69, 9.17) is 9.57 Å². The van der Waals surface area contributed by atoms with Crippen LogP contribution in [0.3, 0.4) is 0 Å². The molecule has 0 aromatic carbocycles. The Hall–Kier alpha value is -1.47. The van der Waals surface area contributed by atoms with Crippen molar-refractivity contribution in [2.24, 2.45) is 0 Å². The van der Waals surface area contributed by atoms with E-state index in [0.29, 0.717) is 13.0 Å². The molecule has 0 aliphatic carbocycles. The zero-order chi connectivity index (χ0) is 13.3. The Bertz CT molecular complexity index is 307. The summed E-state index contributed by atoms with van der Waals surface area (Å²) >= 11 is 0. The predicted octanol–water partition coefficient (Wildman–Crippen LogP) is 2.75. The van der Waals surface area contributed by atoms with E-state index in [1.54, 1.807) is 13.0 Å². The van der Waals surface area contributed by atoms with Gasteiger partial charge in [-0.25, -0.2) is 4.79 Å². The second-order valence-electron chi connectivity index (χ2n) is 4.36. The lowest BCUT2D eigenvalue weighted by Crippen LogP contribution is -2.37. The van der Waals surface area contributed by atoms with E-state index in [9.17, 15) is 4.79 Å². The first-order valence-electron chi connectivity index (χ1n) is 5.54. The van der Waals surface area contributed by atoms with Crippen LogP contribution in [0.25, 0.3) is 0 Å². The van der Waals surface area contributed by atoms with Crippen molar-refractivity contribution in [2.75, 3.05) is 13.2 Å². The van der Waals surface area contributed by atoms with E-state index in [2.05, 4.69) is 18.4 Å². The molecule has 17 heavy (non-hydrogen) atoms. The molecule has 0 spiro atoms. The fourth-order valence-corrected chi connectivity index (χ4v) is 0.912. The second kappa shape index (κ2) is 7.75. The van der Waals surface area contributed by atoms with Crippen molar-refractivity contribution in [2.45, 2.75) is 39.7 Å². The summed E-state index contributed by atoms with van der Waals surface area (Å²) in [6.45, 7) is 11.3. The number of ether oxygens (including phenoxy) is 1. The lowest BCUT2D eigenvalue weighted by Gasteiger charge is -2.25.